The molecule has 11 rings (SSSR count). The fourth-order valence-corrected chi connectivity index (χ4v) is 9.14. The molecule has 0 unspecified atom stereocenters. The molecule has 0 aliphatic rings. The zero-order valence-electron chi connectivity index (χ0n) is 34.6. The number of nitrogens with zero attached hydrogens (tertiary/aromatic N) is 3. The van der Waals surface area contributed by atoms with E-state index in [9.17, 15) is 0 Å². The number of aromatic nitrogens is 3. The average molecular weight is 807 g/mol. The van der Waals surface area contributed by atoms with Gasteiger partial charge in [-0.2, -0.15) is 0 Å². The van der Waals surface area contributed by atoms with Crippen LogP contribution in [0, 0.1) is 0 Å². The lowest BCUT2D eigenvalue weighted by atomic mass is 9.84. The molecule has 0 saturated heterocycles. The number of rotatable bonds is 9. The second kappa shape index (κ2) is 16.3. The molecule has 8 aromatic carbocycles. The maximum Gasteiger partial charge on any atom is 0.108 e. The van der Waals surface area contributed by atoms with Gasteiger partial charge in [0, 0.05) is 47.0 Å². The molecule has 4 nitrogen and oxygen atoms in total. The van der Waals surface area contributed by atoms with Crippen LogP contribution in [-0.4, -0.2) is 14.5 Å². The first-order chi connectivity index (χ1) is 31.2. The first-order valence-corrected chi connectivity index (χ1v) is 21.4. The van der Waals surface area contributed by atoms with Crippen molar-refractivity contribution in [3.05, 3.63) is 237 Å². The van der Waals surface area contributed by atoms with E-state index in [-0.39, 0.29) is 0 Å². The highest BCUT2D eigenvalue weighted by molar-refractivity contribution is 6.22. The quantitative estimate of drug-likeness (QED) is 0.117. The monoisotopic (exact) mass is 806 g/mol. The van der Waals surface area contributed by atoms with Gasteiger partial charge in [-0.15, -0.1) is 0 Å². The van der Waals surface area contributed by atoms with Gasteiger partial charge in [0.1, 0.15) is 5.82 Å². The Hall–Kier alpha value is -8.34. The van der Waals surface area contributed by atoms with E-state index < -0.39 is 0 Å². The first-order valence-electron chi connectivity index (χ1n) is 21.4. The molecule has 0 atom stereocenters. The lowest BCUT2D eigenvalue weighted by Crippen LogP contribution is -2.05. The van der Waals surface area contributed by atoms with E-state index in [1.165, 1.54) is 66.1 Å². The lowest BCUT2D eigenvalue weighted by molar-refractivity contribution is 1.11. The van der Waals surface area contributed by atoms with Crippen molar-refractivity contribution >= 4 is 49.2 Å². The number of para-hydroxylation sites is 1. The van der Waals surface area contributed by atoms with Crippen LogP contribution in [-0.2, 0) is 6.42 Å². The predicted molar refractivity (Wildman–Crippen MR) is 265 cm³/mol. The molecule has 3 aromatic heterocycles. The molecule has 2 N–H and O–H groups in total. The molecule has 0 amide bonds. The molecule has 4 heteroatoms. The first kappa shape index (κ1) is 37.6. The van der Waals surface area contributed by atoms with E-state index in [0.29, 0.717) is 12.2 Å². The van der Waals surface area contributed by atoms with Crippen LogP contribution < -0.4 is 5.73 Å². The van der Waals surface area contributed by atoms with E-state index in [2.05, 4.69) is 192 Å². The Bertz CT molecular complexity index is 3440. The summed E-state index contributed by atoms with van der Waals surface area (Å²) in [5, 5.41) is 7.09. The maximum absolute atomic E-state index is 6.69. The van der Waals surface area contributed by atoms with Gasteiger partial charge < -0.3 is 5.73 Å². The van der Waals surface area contributed by atoms with Crippen molar-refractivity contribution in [2.24, 2.45) is 5.73 Å². The zero-order valence-corrected chi connectivity index (χ0v) is 34.6. The molecule has 0 aliphatic carbocycles. The number of nitrogens with two attached hydrogens (primary N) is 1. The van der Waals surface area contributed by atoms with Crippen LogP contribution in [0.15, 0.2) is 231 Å². The summed E-state index contributed by atoms with van der Waals surface area (Å²) in [6.07, 6.45) is 12.5. The summed E-state index contributed by atoms with van der Waals surface area (Å²) in [6.45, 7) is 0. The Labute approximate surface area is 366 Å². The van der Waals surface area contributed by atoms with Gasteiger partial charge in [0.25, 0.3) is 0 Å². The fourth-order valence-electron chi connectivity index (χ4n) is 9.14. The third-order valence-electron chi connectivity index (χ3n) is 12.2. The minimum Gasteiger partial charge on any atom is -0.385 e. The summed E-state index contributed by atoms with van der Waals surface area (Å²) >= 11 is 0. The average Bonchev–Trinajstić information content (AvgIpc) is 3.70. The van der Waals surface area contributed by atoms with Gasteiger partial charge >= 0.3 is 0 Å². The van der Waals surface area contributed by atoms with Crippen LogP contribution in [0.2, 0.25) is 0 Å². The van der Waals surface area contributed by atoms with E-state index in [0.717, 1.165) is 38.6 Å². The minimum atomic E-state index is 0.648. The van der Waals surface area contributed by atoms with Crippen molar-refractivity contribution in [3.63, 3.8) is 0 Å². The highest BCUT2D eigenvalue weighted by Gasteiger charge is 2.18. The smallest absolute Gasteiger partial charge is 0.108 e. The van der Waals surface area contributed by atoms with Crippen molar-refractivity contribution in [2.75, 3.05) is 0 Å². The molecule has 0 fully saturated rings. The molecule has 0 bridgehead atoms. The van der Waals surface area contributed by atoms with Crippen molar-refractivity contribution in [1.82, 2.24) is 14.5 Å². The summed E-state index contributed by atoms with van der Waals surface area (Å²) < 4.78 is 2.09. The number of hydrogen-bond acceptors (Lipinski definition) is 3. The van der Waals surface area contributed by atoms with Crippen molar-refractivity contribution in [1.29, 1.82) is 0 Å². The largest absolute Gasteiger partial charge is 0.385 e. The lowest BCUT2D eigenvalue weighted by Gasteiger charge is -2.19. The molecule has 3 heterocycles. The van der Waals surface area contributed by atoms with E-state index >= 15 is 0 Å². The molecule has 11 aromatic rings. The van der Waals surface area contributed by atoms with Gasteiger partial charge in [-0.05, 0) is 102 Å². The summed E-state index contributed by atoms with van der Waals surface area (Å²) in [6, 6.07) is 69.6. The molecule has 0 spiro atoms. The van der Waals surface area contributed by atoms with Crippen LogP contribution in [0.3, 0.4) is 0 Å². The maximum atomic E-state index is 6.69. The van der Waals surface area contributed by atoms with Crippen LogP contribution in [0.25, 0.3) is 105 Å². The number of pyridine rings is 2. The van der Waals surface area contributed by atoms with Crippen LogP contribution in [0.5, 0.6) is 0 Å². The van der Waals surface area contributed by atoms with E-state index in [1.54, 1.807) is 0 Å². The summed E-state index contributed by atoms with van der Waals surface area (Å²) in [5.41, 5.74) is 21.6. The molecular weight excluding hydrogens is 765 g/mol. The van der Waals surface area contributed by atoms with Crippen LogP contribution in [0.4, 0.5) is 0 Å². The molecule has 0 radical (unpaired) electrons. The third kappa shape index (κ3) is 7.04. The molecule has 0 saturated carbocycles. The Morgan fingerprint density at radius 1 is 0.429 bits per heavy atom. The Morgan fingerprint density at radius 2 is 0.937 bits per heavy atom. The number of fused-ring (bicyclic) bond motifs is 5. The highest BCUT2D eigenvalue weighted by atomic mass is 15.1. The normalized spacial score (nSPS) is 12.0. The Kier molecular flexibility index (Phi) is 9.72. The summed E-state index contributed by atoms with van der Waals surface area (Å²) in [5.74, 6) is 0.648. The Morgan fingerprint density at radius 3 is 1.57 bits per heavy atom. The Balaban J connectivity index is 0.956. The second-order valence-electron chi connectivity index (χ2n) is 16.0. The predicted octanol–water partition coefficient (Wildman–Crippen LogP) is 14.8. The molecule has 0 aliphatic heterocycles. The zero-order chi connectivity index (χ0) is 42.1. The van der Waals surface area contributed by atoms with Gasteiger partial charge in [0.05, 0.1) is 11.0 Å². The van der Waals surface area contributed by atoms with Crippen molar-refractivity contribution < 1.29 is 0 Å². The number of hydrogen-bond donors (Lipinski definition) is 1. The van der Waals surface area contributed by atoms with Crippen molar-refractivity contribution in [2.45, 2.75) is 6.42 Å². The second-order valence-corrected chi connectivity index (χ2v) is 16.0. The number of allylic oxidation sites excluding steroid dienone is 3. The van der Waals surface area contributed by atoms with Crippen LogP contribution >= 0.6 is 0 Å². The molecule has 63 heavy (non-hydrogen) atoms. The molecule has 298 valence electrons. The fraction of sp³-hybridized carbons (Fsp3) is 0.0169. The SMILES string of the molecule is N/C(=C\C=C/Cc1ccc(-c2ccc3c(-c4ccc(-c5ccccc5)cc4)c4ccccc4c(-c4ccc(-c5ccccc5)cc4)c3c2)cn1)n1c2ccccc2c2cnccc21. The van der Waals surface area contributed by atoms with E-state index in [4.69, 9.17) is 10.7 Å². The molecular formula is C59H42N4. The standard InChI is InChI=1S/C59H42N4/c60-57(63-55-21-11-10-18-49(55)54-39-61-36-35-56(54)63)22-12-7-17-48-33-31-47(38-62-48)46-32-34-52-53(37-46)59(45-29-25-43(26-30-45)41-15-5-2-6-16-41)51-20-9-8-19-50(51)58(52)44-27-23-42(24-28-44)40-13-3-1-4-14-40/h1-16,18-39H,17,60H2/b12-7-,57-22+. The van der Waals surface area contributed by atoms with E-state index in [1.807, 2.05) is 48.9 Å². The van der Waals surface area contributed by atoms with Gasteiger partial charge in [-0.3, -0.25) is 14.5 Å². The van der Waals surface area contributed by atoms with Gasteiger partial charge in [-0.25, -0.2) is 0 Å². The van der Waals surface area contributed by atoms with Crippen LogP contribution in [0.1, 0.15) is 5.69 Å². The van der Waals surface area contributed by atoms with Gasteiger partial charge in [0.2, 0.25) is 0 Å². The van der Waals surface area contributed by atoms with Gasteiger partial charge in [0.15, 0.2) is 0 Å². The third-order valence-corrected chi connectivity index (χ3v) is 12.2. The van der Waals surface area contributed by atoms with Crippen molar-refractivity contribution in [3.8, 4) is 55.6 Å². The number of benzene rings is 8. The summed E-state index contributed by atoms with van der Waals surface area (Å²) in [7, 11) is 0. The van der Waals surface area contributed by atoms with Gasteiger partial charge in [-0.1, -0.05) is 182 Å². The minimum absolute atomic E-state index is 0.648. The summed E-state index contributed by atoms with van der Waals surface area (Å²) in [4.78, 5) is 9.29. The highest BCUT2D eigenvalue weighted by Crippen LogP contribution is 2.45. The topological polar surface area (TPSA) is 56.7 Å².